The molecule has 2 fully saturated rings. The molecule has 1 saturated carbocycles. The summed E-state index contributed by atoms with van der Waals surface area (Å²) in [4.78, 5) is 19.2. The van der Waals surface area contributed by atoms with Crippen LogP contribution in [0.4, 0.5) is 33.9 Å². The van der Waals surface area contributed by atoms with Gasteiger partial charge >= 0.3 is 12.2 Å². The molecule has 3 heterocycles. The zero-order chi connectivity index (χ0) is 28.2. The minimum absolute atomic E-state index is 0.0331. The van der Waals surface area contributed by atoms with E-state index in [9.17, 15) is 22.4 Å². The molecule has 1 atom stereocenters. The van der Waals surface area contributed by atoms with Gasteiger partial charge < -0.3 is 9.80 Å². The van der Waals surface area contributed by atoms with Gasteiger partial charge in [0, 0.05) is 30.9 Å². The Morgan fingerprint density at radius 2 is 1.75 bits per heavy atom. The SMILES string of the molecule is Cc1cccc(F)c1N1CCC(N2Cc3cn(C(C)C4CC4)nc3N(Cc3ccccc3C(F)(F)F)C2=O)CC1. The van der Waals surface area contributed by atoms with Crippen molar-refractivity contribution < 1.29 is 22.4 Å². The standard InChI is InChI=1S/C30H33F4N5O/c1-19-6-5-9-26(31)27(19)36-14-12-24(13-15-36)37-17-23-18-39(20(2)21-10-11-21)35-28(23)38(29(37)40)16-22-7-3-4-8-25(22)30(32,33)34/h3-9,18,20-21,24H,10-17H2,1-2H3. The monoisotopic (exact) mass is 555 g/mol. The van der Waals surface area contributed by atoms with E-state index in [-0.39, 0.29) is 36.0 Å². The van der Waals surface area contributed by atoms with E-state index in [1.807, 2.05) is 28.8 Å². The Balaban J connectivity index is 1.29. The molecule has 2 aromatic carbocycles. The molecule has 10 heteroatoms. The van der Waals surface area contributed by atoms with E-state index in [4.69, 9.17) is 5.10 Å². The number of aryl methyl sites for hydroxylation is 1. The van der Waals surface area contributed by atoms with Crippen molar-refractivity contribution in [2.45, 2.75) is 70.9 Å². The smallest absolute Gasteiger partial charge is 0.369 e. The predicted octanol–water partition coefficient (Wildman–Crippen LogP) is 6.93. The number of fused-ring (bicyclic) bond motifs is 1. The molecule has 6 rings (SSSR count). The largest absolute Gasteiger partial charge is 0.416 e. The summed E-state index contributed by atoms with van der Waals surface area (Å²) in [5.74, 6) is 0.702. The zero-order valence-electron chi connectivity index (χ0n) is 22.7. The first-order valence-electron chi connectivity index (χ1n) is 13.9. The molecule has 3 aromatic rings. The minimum Gasteiger partial charge on any atom is -0.369 e. The molecular formula is C30H33F4N5O. The highest BCUT2D eigenvalue weighted by molar-refractivity contribution is 5.94. The Hall–Kier alpha value is -3.56. The van der Waals surface area contributed by atoms with E-state index in [1.165, 1.54) is 23.1 Å². The third kappa shape index (κ3) is 4.92. The Labute approximate surface area is 231 Å². The van der Waals surface area contributed by atoms with Gasteiger partial charge in [0.25, 0.3) is 0 Å². The van der Waals surface area contributed by atoms with Crippen LogP contribution >= 0.6 is 0 Å². The number of anilines is 2. The molecule has 40 heavy (non-hydrogen) atoms. The maximum absolute atomic E-state index is 14.6. The summed E-state index contributed by atoms with van der Waals surface area (Å²) >= 11 is 0. The summed E-state index contributed by atoms with van der Waals surface area (Å²) < 4.78 is 58.0. The molecule has 212 valence electrons. The van der Waals surface area contributed by atoms with Gasteiger partial charge in [-0.15, -0.1) is 0 Å². The van der Waals surface area contributed by atoms with Crippen LogP contribution in [0.2, 0.25) is 0 Å². The molecule has 0 bridgehead atoms. The Morgan fingerprint density at radius 1 is 1.02 bits per heavy atom. The number of piperidine rings is 1. The van der Waals surface area contributed by atoms with Gasteiger partial charge in [-0.25, -0.2) is 9.18 Å². The van der Waals surface area contributed by atoms with E-state index < -0.39 is 11.7 Å². The van der Waals surface area contributed by atoms with Crippen molar-refractivity contribution >= 4 is 17.5 Å². The lowest BCUT2D eigenvalue weighted by Gasteiger charge is -2.43. The number of carbonyl (C=O) groups excluding carboxylic acids is 1. The molecule has 1 aliphatic carbocycles. The number of halogens is 4. The highest BCUT2D eigenvalue weighted by Gasteiger charge is 2.41. The first-order valence-corrected chi connectivity index (χ1v) is 13.9. The lowest BCUT2D eigenvalue weighted by atomic mass is 10.00. The Kier molecular flexibility index (Phi) is 6.74. The van der Waals surface area contributed by atoms with Gasteiger partial charge in [0.05, 0.1) is 30.4 Å². The van der Waals surface area contributed by atoms with E-state index >= 15 is 0 Å². The summed E-state index contributed by atoms with van der Waals surface area (Å²) in [6, 6.07) is 10.1. The fourth-order valence-electron chi connectivity index (χ4n) is 6.22. The number of urea groups is 1. The average Bonchev–Trinajstić information content (AvgIpc) is 3.68. The van der Waals surface area contributed by atoms with Gasteiger partial charge in [0.2, 0.25) is 0 Å². The van der Waals surface area contributed by atoms with Gasteiger partial charge in [-0.2, -0.15) is 18.3 Å². The lowest BCUT2D eigenvalue weighted by Crippen LogP contribution is -2.54. The number of amides is 2. The van der Waals surface area contributed by atoms with E-state index in [0.29, 0.717) is 49.9 Å². The van der Waals surface area contributed by atoms with Crippen LogP contribution in [-0.2, 0) is 19.3 Å². The highest BCUT2D eigenvalue weighted by atomic mass is 19.4. The number of nitrogens with zero attached hydrogens (tertiary/aromatic N) is 5. The van der Waals surface area contributed by atoms with Gasteiger partial charge in [0.15, 0.2) is 5.82 Å². The van der Waals surface area contributed by atoms with E-state index in [2.05, 4.69) is 6.92 Å². The van der Waals surface area contributed by atoms with E-state index in [0.717, 1.165) is 30.0 Å². The second kappa shape index (κ2) is 10.1. The molecular weight excluding hydrogens is 522 g/mol. The van der Waals surface area contributed by atoms with Gasteiger partial charge in [-0.1, -0.05) is 30.3 Å². The molecule has 6 nitrogen and oxygen atoms in total. The number of hydrogen-bond acceptors (Lipinski definition) is 3. The van der Waals surface area contributed by atoms with Crippen molar-refractivity contribution in [3.8, 4) is 0 Å². The first-order chi connectivity index (χ1) is 19.1. The normalized spacial score (nSPS) is 19.2. The van der Waals surface area contributed by atoms with Gasteiger partial charge in [-0.3, -0.25) is 9.58 Å². The van der Waals surface area contributed by atoms with Crippen LogP contribution in [0.1, 0.15) is 60.9 Å². The fraction of sp³-hybridized carbons (Fsp3) is 0.467. The second-order valence-corrected chi connectivity index (χ2v) is 11.3. The number of aromatic nitrogens is 2. The molecule has 1 saturated heterocycles. The zero-order valence-corrected chi connectivity index (χ0v) is 22.7. The van der Waals surface area contributed by atoms with Crippen LogP contribution < -0.4 is 9.80 Å². The van der Waals surface area contributed by atoms with Gasteiger partial charge in [0.1, 0.15) is 5.82 Å². The van der Waals surface area contributed by atoms with Crippen LogP contribution in [0.25, 0.3) is 0 Å². The Bertz CT molecular complexity index is 1390. The van der Waals surface area contributed by atoms with Crippen molar-refractivity contribution in [2.75, 3.05) is 22.9 Å². The summed E-state index contributed by atoms with van der Waals surface area (Å²) in [6.45, 7) is 5.28. The quantitative estimate of drug-likeness (QED) is 0.310. The topological polar surface area (TPSA) is 44.6 Å². The van der Waals surface area contributed by atoms with Crippen molar-refractivity contribution in [3.05, 3.63) is 76.7 Å². The van der Waals surface area contributed by atoms with Crippen molar-refractivity contribution in [1.82, 2.24) is 14.7 Å². The van der Waals surface area contributed by atoms with Crippen molar-refractivity contribution in [2.24, 2.45) is 5.92 Å². The highest BCUT2D eigenvalue weighted by Crippen LogP contribution is 2.41. The number of benzene rings is 2. The third-order valence-corrected chi connectivity index (χ3v) is 8.64. The van der Waals surface area contributed by atoms with Crippen LogP contribution in [0, 0.1) is 18.7 Å². The van der Waals surface area contributed by atoms with Crippen LogP contribution in [0.15, 0.2) is 48.7 Å². The second-order valence-electron chi connectivity index (χ2n) is 11.3. The molecule has 2 aliphatic heterocycles. The molecule has 2 amide bonds. The molecule has 1 aromatic heterocycles. The minimum atomic E-state index is -4.53. The maximum atomic E-state index is 14.6. The molecule has 0 radical (unpaired) electrons. The van der Waals surface area contributed by atoms with Crippen LogP contribution in [-0.4, -0.2) is 39.8 Å². The van der Waals surface area contributed by atoms with Gasteiger partial charge in [-0.05, 0) is 68.7 Å². The maximum Gasteiger partial charge on any atom is 0.416 e. The molecule has 0 N–H and O–H groups in total. The summed E-state index contributed by atoms with van der Waals surface area (Å²) in [6.07, 6.45) is 0.940. The predicted molar refractivity (Wildman–Crippen MR) is 145 cm³/mol. The third-order valence-electron chi connectivity index (χ3n) is 8.64. The summed E-state index contributed by atoms with van der Waals surface area (Å²) in [5, 5.41) is 4.75. The van der Waals surface area contributed by atoms with Crippen molar-refractivity contribution in [1.29, 1.82) is 0 Å². The van der Waals surface area contributed by atoms with Crippen molar-refractivity contribution in [3.63, 3.8) is 0 Å². The van der Waals surface area contributed by atoms with Crippen LogP contribution in [0.3, 0.4) is 0 Å². The number of alkyl halides is 3. The fourth-order valence-corrected chi connectivity index (χ4v) is 6.22. The molecule has 3 aliphatic rings. The van der Waals surface area contributed by atoms with Crippen LogP contribution in [0.5, 0.6) is 0 Å². The lowest BCUT2D eigenvalue weighted by molar-refractivity contribution is -0.138. The summed E-state index contributed by atoms with van der Waals surface area (Å²) in [5.41, 5.74) is 1.58. The molecule has 0 spiro atoms. The summed E-state index contributed by atoms with van der Waals surface area (Å²) in [7, 11) is 0. The number of carbonyl (C=O) groups is 1. The number of para-hydroxylation sites is 1. The first kappa shape index (κ1) is 26.7. The van der Waals surface area contributed by atoms with E-state index in [1.54, 1.807) is 17.0 Å². The molecule has 1 unspecified atom stereocenters. The average molecular weight is 556 g/mol. The number of hydrogen-bond donors (Lipinski definition) is 0. The Morgan fingerprint density at radius 3 is 2.42 bits per heavy atom. The number of rotatable bonds is 6.